The number of aromatic nitrogens is 4. The first kappa shape index (κ1) is 69.4. The fourth-order valence-electron chi connectivity index (χ4n) is 17.6. The molecule has 0 bridgehead atoms. The molecule has 12 aromatic rings. The van der Waals surface area contributed by atoms with Crippen molar-refractivity contribution in [2.45, 2.75) is 172 Å². The van der Waals surface area contributed by atoms with Crippen LogP contribution in [0.25, 0.3) is 89.5 Å². The maximum Gasteiger partial charge on any atom is 0.213 e. The van der Waals surface area contributed by atoms with Gasteiger partial charge in [-0.05, 0) is 183 Å². The minimum absolute atomic E-state index is 0. The Bertz CT molecular complexity index is 5380. The minimum atomic E-state index is -1.38. The summed E-state index contributed by atoms with van der Waals surface area (Å²) < 4.78 is 25.6. The Labute approximate surface area is 615 Å². The molecule has 0 atom stereocenters. The molecule has 0 saturated heterocycles. The molecule has 4 nitrogen and oxygen atoms in total. The summed E-state index contributed by atoms with van der Waals surface area (Å²) in [6.07, 6.45) is 7.11. The Morgan fingerprint density at radius 2 is 0.706 bits per heavy atom. The van der Waals surface area contributed by atoms with Crippen molar-refractivity contribution in [1.82, 2.24) is 0 Å². The first-order valence-electron chi connectivity index (χ1n) is 37.6. The highest BCUT2D eigenvalue weighted by molar-refractivity contribution is 5.97. The van der Waals surface area contributed by atoms with E-state index in [2.05, 4.69) is 365 Å². The van der Waals surface area contributed by atoms with E-state index in [-0.39, 0.29) is 29.1 Å². The maximum absolute atomic E-state index is 8.38. The summed E-state index contributed by atoms with van der Waals surface area (Å²) in [4.78, 5) is 0. The zero-order chi connectivity index (χ0) is 73.9. The van der Waals surface area contributed by atoms with Gasteiger partial charge in [0.15, 0.2) is 24.8 Å². The summed E-state index contributed by atoms with van der Waals surface area (Å²) >= 11 is 0. The average Bonchev–Trinajstić information content (AvgIpc) is 1.57. The molecule has 16 rings (SSSR count). The van der Waals surface area contributed by atoms with Crippen molar-refractivity contribution in [3.05, 3.63) is 308 Å². The van der Waals surface area contributed by atoms with Gasteiger partial charge in [-0.15, -0.1) is 0 Å². The second-order valence-electron chi connectivity index (χ2n) is 31.9. The van der Waals surface area contributed by atoms with Gasteiger partial charge in [0.05, 0.1) is 22.3 Å². The molecule has 0 saturated carbocycles. The molecule has 102 heavy (non-hydrogen) atoms. The molecule has 0 fully saturated rings. The summed E-state index contributed by atoms with van der Waals surface area (Å²) in [5.41, 5.74) is 42.6. The Hall–Kier alpha value is -9.64. The molecule has 0 unspecified atom stereocenters. The van der Waals surface area contributed by atoms with E-state index in [1.165, 1.54) is 167 Å². The van der Waals surface area contributed by atoms with Gasteiger partial charge >= 0.3 is 0 Å². The third-order valence-electron chi connectivity index (χ3n) is 23.2. The molecule has 0 aliphatic heterocycles. The number of nitrogens with zero attached hydrogens (tertiary/aromatic N) is 4. The highest BCUT2D eigenvalue weighted by Crippen LogP contribution is 2.58. The summed E-state index contributed by atoms with van der Waals surface area (Å²) in [7, 11) is 8.49. The van der Waals surface area contributed by atoms with Crippen molar-refractivity contribution in [3.8, 4) is 89.5 Å². The third-order valence-corrected chi connectivity index (χ3v) is 23.2. The molecule has 4 aromatic heterocycles. The number of hydrogen-bond donors (Lipinski definition) is 0. The minimum Gasteiger partial charge on any atom is -0.201 e. The highest BCUT2D eigenvalue weighted by Gasteiger charge is 2.44. The third kappa shape index (κ3) is 11.9. The predicted octanol–water partition coefficient (Wildman–Crippen LogP) is 22.9. The largest absolute Gasteiger partial charge is 0.213 e. The Morgan fingerprint density at radius 1 is 0.324 bits per heavy atom. The van der Waals surface area contributed by atoms with Crippen LogP contribution in [-0.4, -0.2) is 0 Å². The van der Waals surface area contributed by atoms with E-state index in [1.807, 2.05) is 18.2 Å². The average molecular weight is 1350 g/mol. The van der Waals surface area contributed by atoms with E-state index >= 15 is 0 Å². The van der Waals surface area contributed by atoms with Crippen molar-refractivity contribution in [2.75, 3.05) is 0 Å². The van der Waals surface area contributed by atoms with Gasteiger partial charge in [0, 0.05) is 95.2 Å². The monoisotopic (exact) mass is 1340 g/mol. The molecule has 8 aromatic carbocycles. The van der Waals surface area contributed by atoms with Gasteiger partial charge in [-0.3, -0.25) is 0 Å². The fraction of sp³-hybridized carbons (Fsp3) is 0.306. The maximum atomic E-state index is 8.38. The molecule has 0 N–H and O–H groups in total. The van der Waals surface area contributed by atoms with Crippen LogP contribution in [0.2, 0.25) is 0 Å². The summed E-state index contributed by atoms with van der Waals surface area (Å²) in [5.74, 6) is 1.04. The van der Waals surface area contributed by atoms with Crippen molar-refractivity contribution in [3.63, 3.8) is 0 Å². The smallest absolute Gasteiger partial charge is 0.201 e. The summed E-state index contributed by atoms with van der Waals surface area (Å²) in [6.45, 7) is 40.4. The molecule has 0 spiro atoms. The van der Waals surface area contributed by atoms with Crippen LogP contribution >= 0.6 is 0 Å². The molecular formula is C98H110N4+4. The van der Waals surface area contributed by atoms with Crippen molar-refractivity contribution in [1.29, 1.82) is 0 Å². The number of benzene rings is 8. The Morgan fingerprint density at radius 3 is 1.15 bits per heavy atom. The van der Waals surface area contributed by atoms with Crippen LogP contribution in [0, 0.1) is 34.6 Å². The topological polar surface area (TPSA) is 15.5 Å². The van der Waals surface area contributed by atoms with Gasteiger partial charge in [0.25, 0.3) is 0 Å². The molecular weight excluding hydrogens is 1230 g/mol. The van der Waals surface area contributed by atoms with Crippen molar-refractivity contribution in [2.24, 2.45) is 28.2 Å². The lowest BCUT2D eigenvalue weighted by molar-refractivity contribution is -0.660. The Kier molecular flexibility index (Phi) is 18.6. The highest BCUT2D eigenvalue weighted by atomic mass is 14.9. The van der Waals surface area contributed by atoms with Gasteiger partial charge in [-0.2, -0.15) is 0 Å². The molecule has 4 aliphatic rings. The first-order valence-corrected chi connectivity index (χ1v) is 36.6. The number of pyridine rings is 4. The molecule has 4 heterocycles. The quantitative estimate of drug-likeness (QED) is 0.141. The standard InChI is InChI=1S/2C25H28N.C24H26N.C23H24N.CH4/c1-16(2)18-10-9-11-19-23(18)24-20(25(19,4)5)14-13-17(3)22(24)21-12-7-8-15-26(21)6;1-16(2)18-11-13-20-19(15-18)24-21(25(20,4)5)12-10-17(3)23(24)22-9-7-8-14-26(22)6;1-6-17-10-9-11-18-22-19(24(3,4)23(17)18)14-13-16(2)21(22)20-12-7-8-15-25(20)5;1-15-9-11-17-19(14-15)23(3,4)18-12-10-16(2)21(22(17)18)20-8-6-7-13-24(20)5;/h2*7-16H,1-6H3;7-15H,6H2,1-5H3;6-14H,1-5H3;1H4/q4*+1;/i;;6D2;;. The molecule has 0 radical (unpaired) electrons. The van der Waals surface area contributed by atoms with Gasteiger partial charge < -0.3 is 0 Å². The van der Waals surface area contributed by atoms with Crippen LogP contribution in [0.15, 0.2) is 219 Å². The van der Waals surface area contributed by atoms with E-state index in [4.69, 9.17) is 2.74 Å². The molecule has 4 heteroatoms. The van der Waals surface area contributed by atoms with E-state index in [0.29, 0.717) is 11.8 Å². The van der Waals surface area contributed by atoms with Crippen LogP contribution in [-0.2, 0) is 56.2 Å². The van der Waals surface area contributed by atoms with Gasteiger partial charge in [-0.25, -0.2) is 18.3 Å². The van der Waals surface area contributed by atoms with E-state index < -0.39 is 6.37 Å². The number of hydrogen-bond acceptors (Lipinski definition) is 0. The zero-order valence-electron chi connectivity index (χ0n) is 66.2. The second-order valence-corrected chi connectivity index (χ2v) is 31.9. The summed E-state index contributed by atoms with van der Waals surface area (Å²) in [5, 5.41) is 0. The van der Waals surface area contributed by atoms with Crippen LogP contribution < -0.4 is 18.3 Å². The SMILES string of the molecule is C.Cc1ccc2c(c1)C(C)(C)c1ccc(C)c(-c3cccc[n+]3C)c1-2.Cc1ccc2c(c1-c1cccc[n+]1C)-c1c(C(C)C)cccc1C2(C)C.Cc1ccc2c(c1-c1cccc[n+]1C)-c1cc(C(C)C)ccc1C2(C)C.[2H]C([2H])(C)c1cccc2c1C(C)(C)c1ccc(C)c(-c3cccc[n+]3C)c1-2. The fourth-order valence-corrected chi connectivity index (χ4v) is 17.6. The zero-order valence-corrected chi connectivity index (χ0v) is 64.2. The van der Waals surface area contributed by atoms with Crippen molar-refractivity contribution < 1.29 is 21.0 Å². The molecule has 518 valence electrons. The van der Waals surface area contributed by atoms with E-state index in [1.54, 1.807) is 6.92 Å². The van der Waals surface area contributed by atoms with Crippen molar-refractivity contribution >= 4 is 0 Å². The lowest BCUT2D eigenvalue weighted by Crippen LogP contribution is -2.30. The van der Waals surface area contributed by atoms with Crippen LogP contribution in [0.3, 0.4) is 0 Å². The summed E-state index contributed by atoms with van der Waals surface area (Å²) in [6, 6.07) is 71.0. The lowest BCUT2D eigenvalue weighted by Gasteiger charge is -2.24. The molecule has 0 amide bonds. The van der Waals surface area contributed by atoms with Gasteiger partial charge in [-0.1, -0.05) is 224 Å². The van der Waals surface area contributed by atoms with Gasteiger partial charge in [0.1, 0.15) is 28.2 Å². The first-order chi connectivity index (χ1) is 48.7. The normalized spacial score (nSPS) is 14.7. The van der Waals surface area contributed by atoms with Crippen LogP contribution in [0.4, 0.5) is 0 Å². The van der Waals surface area contributed by atoms with Crippen LogP contribution in [0.5, 0.6) is 0 Å². The van der Waals surface area contributed by atoms with E-state index in [0.717, 1.165) is 11.1 Å². The van der Waals surface area contributed by atoms with E-state index in [9.17, 15) is 0 Å². The lowest BCUT2D eigenvalue weighted by atomic mass is 9.79. The second kappa shape index (κ2) is 27.3. The number of rotatable bonds is 7. The predicted molar refractivity (Wildman–Crippen MR) is 430 cm³/mol. The van der Waals surface area contributed by atoms with Crippen LogP contribution in [0.1, 0.15) is 201 Å². The Balaban J connectivity index is 0.000000130. The van der Waals surface area contributed by atoms with Gasteiger partial charge in [0.2, 0.25) is 22.8 Å². The number of fused-ring (bicyclic) bond motifs is 12. The number of aryl methyl sites for hydroxylation is 10. The molecule has 4 aliphatic carbocycles.